The van der Waals surface area contributed by atoms with Crippen molar-refractivity contribution in [2.45, 2.75) is 25.4 Å². The molecule has 12 heteroatoms. The number of benzene rings is 2. The number of fused-ring (bicyclic) bond motifs is 2. The molecule has 184 valence electrons. The van der Waals surface area contributed by atoms with E-state index in [1.807, 2.05) is 16.8 Å². The number of halogens is 3. The second kappa shape index (κ2) is 9.32. The number of aromatic amines is 1. The fourth-order valence-corrected chi connectivity index (χ4v) is 4.50. The van der Waals surface area contributed by atoms with E-state index in [1.165, 1.54) is 12.1 Å². The van der Waals surface area contributed by atoms with Crippen molar-refractivity contribution in [2.75, 3.05) is 23.8 Å². The van der Waals surface area contributed by atoms with Gasteiger partial charge >= 0.3 is 0 Å². The number of hydrogen-bond donors (Lipinski definition) is 3. The van der Waals surface area contributed by atoms with Gasteiger partial charge in [-0.25, -0.2) is 13.5 Å². The molecule has 0 radical (unpaired) electrons. The Labute approximate surface area is 208 Å². The van der Waals surface area contributed by atoms with E-state index in [2.05, 4.69) is 30.9 Å². The number of rotatable bonds is 6. The number of hydrogen-bond acceptors (Lipinski definition) is 7. The highest BCUT2D eigenvalue weighted by Crippen LogP contribution is 2.32. The van der Waals surface area contributed by atoms with Crippen LogP contribution in [0.15, 0.2) is 42.6 Å². The molecule has 1 aliphatic rings. The third-order valence-electron chi connectivity index (χ3n) is 6.20. The van der Waals surface area contributed by atoms with Gasteiger partial charge in [0, 0.05) is 41.8 Å². The average Bonchev–Trinajstić information content (AvgIpc) is 3.48. The van der Waals surface area contributed by atoms with Crippen LogP contribution in [0, 0.1) is 11.6 Å². The molecule has 4 heterocycles. The summed E-state index contributed by atoms with van der Waals surface area (Å²) in [7, 11) is 0. The minimum atomic E-state index is -0.644. The van der Waals surface area contributed by atoms with Crippen molar-refractivity contribution in [2.24, 2.45) is 0 Å². The topological polar surface area (TPSA) is 106 Å². The Morgan fingerprint density at radius 3 is 2.75 bits per heavy atom. The SMILES string of the molecule is Fc1ccc(CNc2nc(Nc3n[nH]c4ccc(Cl)cc34)c3cnn(C4CCOCC4)c3n2)c(F)c1. The molecule has 0 amide bonds. The molecule has 0 atom stereocenters. The third kappa shape index (κ3) is 4.31. The monoisotopic (exact) mass is 510 g/mol. The molecule has 0 spiro atoms. The highest BCUT2D eigenvalue weighted by atomic mass is 35.5. The summed E-state index contributed by atoms with van der Waals surface area (Å²) in [6.45, 7) is 1.37. The minimum absolute atomic E-state index is 0.0728. The molecule has 3 N–H and O–H groups in total. The van der Waals surface area contributed by atoms with Crippen LogP contribution >= 0.6 is 11.6 Å². The Morgan fingerprint density at radius 1 is 1.06 bits per heavy atom. The molecule has 1 saturated heterocycles. The fourth-order valence-electron chi connectivity index (χ4n) is 4.33. The van der Waals surface area contributed by atoms with Gasteiger partial charge in [0.2, 0.25) is 5.95 Å². The molecular formula is C24H21ClF2N8O. The first kappa shape index (κ1) is 22.6. The minimum Gasteiger partial charge on any atom is -0.381 e. The van der Waals surface area contributed by atoms with Crippen molar-refractivity contribution in [3.63, 3.8) is 0 Å². The Hall–Kier alpha value is -3.83. The van der Waals surface area contributed by atoms with Gasteiger partial charge in [0.1, 0.15) is 17.5 Å². The Balaban J connectivity index is 1.40. The molecule has 2 aromatic carbocycles. The van der Waals surface area contributed by atoms with Gasteiger partial charge in [-0.1, -0.05) is 17.7 Å². The van der Waals surface area contributed by atoms with Gasteiger partial charge in [-0.15, -0.1) is 0 Å². The number of nitrogens with zero attached hydrogens (tertiary/aromatic N) is 5. The first-order chi connectivity index (χ1) is 17.5. The highest BCUT2D eigenvalue weighted by Gasteiger charge is 2.22. The summed E-state index contributed by atoms with van der Waals surface area (Å²) in [6.07, 6.45) is 3.35. The molecule has 5 aromatic rings. The molecule has 0 bridgehead atoms. The van der Waals surface area contributed by atoms with Crippen LogP contribution in [-0.2, 0) is 11.3 Å². The lowest BCUT2D eigenvalue weighted by Crippen LogP contribution is -2.21. The van der Waals surface area contributed by atoms with Crippen LogP contribution in [0.2, 0.25) is 5.02 Å². The zero-order valence-electron chi connectivity index (χ0n) is 18.9. The number of anilines is 3. The van der Waals surface area contributed by atoms with Crippen molar-refractivity contribution in [1.82, 2.24) is 29.9 Å². The first-order valence-electron chi connectivity index (χ1n) is 11.5. The predicted molar refractivity (Wildman–Crippen MR) is 132 cm³/mol. The Kier molecular flexibility index (Phi) is 5.86. The van der Waals surface area contributed by atoms with E-state index >= 15 is 0 Å². The lowest BCUT2D eigenvalue weighted by Gasteiger charge is -2.22. The van der Waals surface area contributed by atoms with Crippen LogP contribution in [0.4, 0.5) is 26.4 Å². The Morgan fingerprint density at radius 2 is 1.92 bits per heavy atom. The van der Waals surface area contributed by atoms with E-state index in [4.69, 9.17) is 21.3 Å². The molecule has 0 aliphatic carbocycles. The highest BCUT2D eigenvalue weighted by molar-refractivity contribution is 6.31. The van der Waals surface area contributed by atoms with Crippen molar-refractivity contribution in [3.05, 3.63) is 64.8 Å². The summed E-state index contributed by atoms with van der Waals surface area (Å²) < 4.78 is 34.9. The van der Waals surface area contributed by atoms with E-state index in [1.54, 1.807) is 12.3 Å². The molecule has 36 heavy (non-hydrogen) atoms. The lowest BCUT2D eigenvalue weighted by molar-refractivity contribution is 0.0673. The number of nitrogens with one attached hydrogen (secondary N) is 3. The standard InChI is InChI=1S/C24H21ClF2N8O/c25-14-2-4-20-17(9-14)22(34-33-20)30-21-18-12-29-35(16-5-7-36-8-6-16)23(18)32-24(31-21)28-11-13-1-3-15(26)10-19(13)27/h1-4,9-10,12,16H,5-8,11H2,(H3,28,30,31,32,33,34). The summed E-state index contributed by atoms with van der Waals surface area (Å²) >= 11 is 6.20. The molecule has 0 unspecified atom stereocenters. The van der Waals surface area contributed by atoms with Gasteiger partial charge in [-0.05, 0) is 37.1 Å². The zero-order valence-corrected chi connectivity index (χ0v) is 19.7. The summed E-state index contributed by atoms with van der Waals surface area (Å²) in [5.74, 6) is 0.0113. The van der Waals surface area contributed by atoms with Gasteiger partial charge in [0.25, 0.3) is 0 Å². The second-order valence-electron chi connectivity index (χ2n) is 8.54. The maximum Gasteiger partial charge on any atom is 0.227 e. The number of H-pyrrole nitrogens is 1. The molecule has 1 aliphatic heterocycles. The summed E-state index contributed by atoms with van der Waals surface area (Å²) in [4.78, 5) is 9.32. The van der Waals surface area contributed by atoms with Gasteiger partial charge in [0.05, 0.1) is 23.1 Å². The fraction of sp³-hybridized carbons (Fsp3) is 0.250. The molecule has 9 nitrogen and oxygen atoms in total. The van der Waals surface area contributed by atoms with E-state index in [0.29, 0.717) is 46.5 Å². The number of ether oxygens (including phenoxy) is 1. The van der Waals surface area contributed by atoms with Crippen molar-refractivity contribution in [1.29, 1.82) is 0 Å². The number of aromatic nitrogens is 6. The van der Waals surface area contributed by atoms with Crippen LogP contribution in [0.5, 0.6) is 0 Å². The van der Waals surface area contributed by atoms with Crippen LogP contribution in [0.3, 0.4) is 0 Å². The maximum atomic E-state index is 14.2. The smallest absolute Gasteiger partial charge is 0.227 e. The van der Waals surface area contributed by atoms with Gasteiger partial charge < -0.3 is 15.4 Å². The molecular weight excluding hydrogens is 490 g/mol. The van der Waals surface area contributed by atoms with Crippen LogP contribution in [-0.4, -0.2) is 43.2 Å². The van der Waals surface area contributed by atoms with E-state index in [0.717, 1.165) is 29.8 Å². The van der Waals surface area contributed by atoms with Gasteiger partial charge in [-0.3, -0.25) is 5.10 Å². The van der Waals surface area contributed by atoms with E-state index < -0.39 is 11.6 Å². The van der Waals surface area contributed by atoms with Gasteiger partial charge in [0.15, 0.2) is 11.5 Å². The van der Waals surface area contributed by atoms with Gasteiger partial charge in [-0.2, -0.15) is 20.2 Å². The van der Waals surface area contributed by atoms with Crippen LogP contribution in [0.1, 0.15) is 24.4 Å². The molecule has 0 saturated carbocycles. The first-order valence-corrected chi connectivity index (χ1v) is 11.8. The quantitative estimate of drug-likeness (QED) is 0.283. The van der Waals surface area contributed by atoms with Crippen molar-refractivity contribution in [3.8, 4) is 0 Å². The second-order valence-corrected chi connectivity index (χ2v) is 8.98. The molecule has 1 fully saturated rings. The van der Waals surface area contributed by atoms with E-state index in [-0.39, 0.29) is 18.5 Å². The van der Waals surface area contributed by atoms with Crippen LogP contribution in [0.25, 0.3) is 21.9 Å². The maximum absolute atomic E-state index is 14.2. The predicted octanol–water partition coefficient (Wildman–Crippen LogP) is 5.34. The van der Waals surface area contributed by atoms with Crippen molar-refractivity contribution < 1.29 is 13.5 Å². The summed E-state index contributed by atoms with van der Waals surface area (Å²) in [5.41, 5.74) is 1.73. The summed E-state index contributed by atoms with van der Waals surface area (Å²) in [5, 5.41) is 20.4. The normalized spacial score (nSPS) is 14.5. The Bertz CT molecular complexity index is 1560. The lowest BCUT2D eigenvalue weighted by atomic mass is 10.1. The average molecular weight is 511 g/mol. The molecule has 3 aromatic heterocycles. The zero-order chi connectivity index (χ0) is 24.6. The third-order valence-corrected chi connectivity index (χ3v) is 6.44. The largest absolute Gasteiger partial charge is 0.381 e. The van der Waals surface area contributed by atoms with E-state index in [9.17, 15) is 8.78 Å². The van der Waals surface area contributed by atoms with Crippen molar-refractivity contribution >= 4 is 51.1 Å². The van der Waals surface area contributed by atoms with Crippen LogP contribution < -0.4 is 10.6 Å². The summed E-state index contributed by atoms with van der Waals surface area (Å²) in [6, 6.07) is 9.02. The molecule has 6 rings (SSSR count).